The van der Waals surface area contributed by atoms with Crippen molar-refractivity contribution in [3.63, 3.8) is 0 Å². The van der Waals surface area contributed by atoms with E-state index in [9.17, 15) is 0 Å². The predicted octanol–water partition coefficient (Wildman–Crippen LogP) is 3.82. The summed E-state index contributed by atoms with van der Waals surface area (Å²) in [4.78, 5) is 15.3. The highest BCUT2D eigenvalue weighted by Crippen LogP contribution is 2.30. The number of aromatic nitrogens is 3. The van der Waals surface area contributed by atoms with Crippen molar-refractivity contribution in [1.82, 2.24) is 15.0 Å². The molecule has 0 radical (unpaired) electrons. The van der Waals surface area contributed by atoms with E-state index in [2.05, 4.69) is 46.2 Å². The average molecular weight is 284 g/mol. The van der Waals surface area contributed by atoms with E-state index in [0.717, 1.165) is 28.0 Å². The fourth-order valence-electron chi connectivity index (χ4n) is 2.12. The standard InChI is InChI=1S/C15H16N4S/c1-3-12-7-13-14(17-9-18-15(13)20-12)19-10(2)11-5-4-6-16-8-11/h4-10H,3H2,1-2H3,(H,17,18,19). The van der Waals surface area contributed by atoms with Gasteiger partial charge in [-0.05, 0) is 31.0 Å². The molecule has 3 rings (SSSR count). The normalized spacial score (nSPS) is 12.5. The number of thiophene rings is 1. The Morgan fingerprint density at radius 3 is 3.00 bits per heavy atom. The summed E-state index contributed by atoms with van der Waals surface area (Å²) in [6.07, 6.45) is 6.31. The lowest BCUT2D eigenvalue weighted by Gasteiger charge is -2.14. The molecule has 0 amide bonds. The number of nitrogens with one attached hydrogen (secondary N) is 1. The molecule has 0 saturated heterocycles. The van der Waals surface area contributed by atoms with Crippen LogP contribution in [0.1, 0.15) is 30.3 Å². The minimum atomic E-state index is 0.159. The summed E-state index contributed by atoms with van der Waals surface area (Å²) in [6, 6.07) is 6.35. The summed E-state index contributed by atoms with van der Waals surface area (Å²) in [7, 11) is 0. The lowest BCUT2D eigenvalue weighted by atomic mass is 10.1. The molecule has 0 fully saturated rings. The molecule has 0 aliphatic heterocycles. The highest BCUT2D eigenvalue weighted by atomic mass is 32.1. The molecule has 102 valence electrons. The van der Waals surface area contributed by atoms with Crippen LogP contribution in [0.15, 0.2) is 36.9 Å². The second-order valence-corrected chi connectivity index (χ2v) is 5.77. The number of rotatable bonds is 4. The van der Waals surface area contributed by atoms with Crippen LogP contribution in [0.3, 0.4) is 0 Å². The van der Waals surface area contributed by atoms with Crippen LogP contribution in [-0.2, 0) is 6.42 Å². The van der Waals surface area contributed by atoms with Gasteiger partial charge in [-0.25, -0.2) is 9.97 Å². The van der Waals surface area contributed by atoms with Crippen molar-refractivity contribution in [2.45, 2.75) is 26.3 Å². The lowest BCUT2D eigenvalue weighted by Crippen LogP contribution is -2.08. The third kappa shape index (κ3) is 2.49. The molecule has 0 aliphatic rings. The molecule has 1 unspecified atom stereocenters. The molecule has 1 N–H and O–H groups in total. The van der Waals surface area contributed by atoms with Gasteiger partial charge in [0.2, 0.25) is 0 Å². The first-order valence-electron chi connectivity index (χ1n) is 6.67. The monoisotopic (exact) mass is 284 g/mol. The number of hydrogen-bond donors (Lipinski definition) is 1. The topological polar surface area (TPSA) is 50.7 Å². The minimum Gasteiger partial charge on any atom is -0.363 e. The molecule has 3 heterocycles. The van der Waals surface area contributed by atoms with Gasteiger partial charge in [0.15, 0.2) is 0 Å². The van der Waals surface area contributed by atoms with Crippen LogP contribution in [0.4, 0.5) is 5.82 Å². The summed E-state index contributed by atoms with van der Waals surface area (Å²) in [6.45, 7) is 4.27. The van der Waals surface area contributed by atoms with E-state index in [1.54, 1.807) is 23.9 Å². The molecule has 4 nitrogen and oxygen atoms in total. The average Bonchev–Trinajstić information content (AvgIpc) is 2.92. The predicted molar refractivity (Wildman–Crippen MR) is 83.1 cm³/mol. The number of fused-ring (bicyclic) bond motifs is 1. The Balaban J connectivity index is 1.92. The maximum absolute atomic E-state index is 4.38. The third-order valence-electron chi connectivity index (χ3n) is 3.27. The molecule has 20 heavy (non-hydrogen) atoms. The van der Waals surface area contributed by atoms with Crippen LogP contribution in [0.25, 0.3) is 10.2 Å². The molecule has 0 bridgehead atoms. The van der Waals surface area contributed by atoms with Crippen molar-refractivity contribution < 1.29 is 0 Å². The van der Waals surface area contributed by atoms with Crippen LogP contribution in [0.2, 0.25) is 0 Å². The van der Waals surface area contributed by atoms with Crippen LogP contribution < -0.4 is 5.32 Å². The van der Waals surface area contributed by atoms with E-state index in [-0.39, 0.29) is 6.04 Å². The maximum Gasteiger partial charge on any atom is 0.138 e. The van der Waals surface area contributed by atoms with Crippen LogP contribution in [0, 0.1) is 0 Å². The van der Waals surface area contributed by atoms with Gasteiger partial charge in [-0.15, -0.1) is 11.3 Å². The van der Waals surface area contributed by atoms with E-state index >= 15 is 0 Å². The van der Waals surface area contributed by atoms with Gasteiger partial charge in [-0.2, -0.15) is 0 Å². The Hall–Kier alpha value is -2.01. The van der Waals surface area contributed by atoms with Crippen LogP contribution in [-0.4, -0.2) is 15.0 Å². The van der Waals surface area contributed by atoms with Gasteiger partial charge in [0.25, 0.3) is 0 Å². The van der Waals surface area contributed by atoms with Crippen molar-refractivity contribution >= 4 is 27.4 Å². The van der Waals surface area contributed by atoms with Crippen molar-refractivity contribution in [2.75, 3.05) is 5.32 Å². The van der Waals surface area contributed by atoms with Gasteiger partial charge in [0, 0.05) is 17.3 Å². The third-order valence-corrected chi connectivity index (χ3v) is 4.45. The summed E-state index contributed by atoms with van der Waals surface area (Å²) in [5.41, 5.74) is 1.14. The molecule has 0 spiro atoms. The molecule has 0 aliphatic carbocycles. The highest BCUT2D eigenvalue weighted by molar-refractivity contribution is 7.18. The van der Waals surface area contributed by atoms with E-state index < -0.39 is 0 Å². The summed E-state index contributed by atoms with van der Waals surface area (Å²) in [5.74, 6) is 0.891. The zero-order chi connectivity index (χ0) is 13.9. The maximum atomic E-state index is 4.38. The van der Waals surface area contributed by atoms with Gasteiger partial charge in [-0.3, -0.25) is 4.98 Å². The Bertz CT molecular complexity index is 708. The van der Waals surface area contributed by atoms with Crippen LogP contribution >= 0.6 is 11.3 Å². The largest absolute Gasteiger partial charge is 0.363 e. The first-order valence-corrected chi connectivity index (χ1v) is 7.49. The first kappa shape index (κ1) is 13.0. The van der Waals surface area contributed by atoms with Gasteiger partial charge in [0.05, 0.1) is 11.4 Å². The number of nitrogens with zero attached hydrogens (tertiary/aromatic N) is 3. The molecular weight excluding hydrogens is 268 g/mol. The fraction of sp³-hybridized carbons (Fsp3) is 0.267. The Kier molecular flexibility index (Phi) is 3.60. The molecule has 0 saturated carbocycles. The van der Waals surface area contributed by atoms with Crippen LogP contribution in [0.5, 0.6) is 0 Å². The summed E-state index contributed by atoms with van der Waals surface area (Å²) in [5, 5.41) is 4.56. The van der Waals surface area contributed by atoms with Gasteiger partial charge >= 0.3 is 0 Å². The Labute approximate surface area is 121 Å². The fourth-order valence-corrected chi connectivity index (χ4v) is 3.05. The number of aryl methyl sites for hydroxylation is 1. The summed E-state index contributed by atoms with van der Waals surface area (Å²) >= 11 is 1.73. The number of hydrogen-bond acceptors (Lipinski definition) is 5. The second kappa shape index (κ2) is 5.54. The molecule has 1 atom stereocenters. The van der Waals surface area contributed by atoms with Crippen molar-refractivity contribution in [1.29, 1.82) is 0 Å². The smallest absolute Gasteiger partial charge is 0.138 e. The SMILES string of the molecule is CCc1cc2c(NC(C)c3cccnc3)ncnc2s1. The summed E-state index contributed by atoms with van der Waals surface area (Å²) < 4.78 is 0. The van der Waals surface area contributed by atoms with E-state index in [1.807, 2.05) is 12.3 Å². The first-order chi connectivity index (χ1) is 9.78. The zero-order valence-corrected chi connectivity index (χ0v) is 12.3. The lowest BCUT2D eigenvalue weighted by molar-refractivity contribution is 0.867. The van der Waals surface area contributed by atoms with Crippen molar-refractivity contribution in [3.8, 4) is 0 Å². The molecule has 3 aromatic heterocycles. The van der Waals surface area contributed by atoms with E-state index in [0.29, 0.717) is 0 Å². The van der Waals surface area contributed by atoms with E-state index in [1.165, 1.54) is 4.88 Å². The minimum absolute atomic E-state index is 0.159. The molecule has 5 heteroatoms. The van der Waals surface area contributed by atoms with Gasteiger partial charge in [-0.1, -0.05) is 13.0 Å². The number of anilines is 1. The zero-order valence-electron chi connectivity index (χ0n) is 11.5. The Morgan fingerprint density at radius 2 is 2.25 bits per heavy atom. The molecule has 3 aromatic rings. The van der Waals surface area contributed by atoms with Crippen molar-refractivity contribution in [3.05, 3.63) is 47.4 Å². The van der Waals surface area contributed by atoms with E-state index in [4.69, 9.17) is 0 Å². The van der Waals surface area contributed by atoms with Gasteiger partial charge in [0.1, 0.15) is 17.0 Å². The Morgan fingerprint density at radius 1 is 1.35 bits per heavy atom. The molecule has 0 aromatic carbocycles. The second-order valence-electron chi connectivity index (χ2n) is 4.66. The molecular formula is C15H16N4S. The quantitative estimate of drug-likeness (QED) is 0.791. The highest BCUT2D eigenvalue weighted by Gasteiger charge is 2.11. The van der Waals surface area contributed by atoms with Crippen molar-refractivity contribution in [2.24, 2.45) is 0 Å². The van der Waals surface area contributed by atoms with Gasteiger partial charge < -0.3 is 5.32 Å². The number of pyridine rings is 1.